The predicted octanol–water partition coefficient (Wildman–Crippen LogP) is 2.81. The molecule has 2 fully saturated rings. The minimum absolute atomic E-state index is 0. The van der Waals surface area contributed by atoms with E-state index in [0.717, 1.165) is 55.4 Å². The molecule has 22 heavy (non-hydrogen) atoms. The van der Waals surface area contributed by atoms with Crippen LogP contribution in [-0.4, -0.2) is 59.3 Å². The van der Waals surface area contributed by atoms with Crippen LogP contribution in [0.1, 0.15) is 40.0 Å². The van der Waals surface area contributed by atoms with Crippen molar-refractivity contribution < 1.29 is 5.11 Å². The fraction of sp³-hybridized carbons (Fsp3) is 0.938. The van der Waals surface area contributed by atoms with Gasteiger partial charge in [0.2, 0.25) is 0 Å². The standard InChI is InChI=1S/C16H31N3OS.HI/c1-4-17-15(18-11-16(20)6-8-21-12-16)19-7-5-14(10-19)9-13(2)3;/h13-14,20H,4-12H2,1-3H3,(H,17,18);1H. The Hall–Kier alpha value is 0.310. The van der Waals surface area contributed by atoms with E-state index in [1.54, 1.807) is 0 Å². The highest BCUT2D eigenvalue weighted by Crippen LogP contribution is 2.28. The van der Waals surface area contributed by atoms with E-state index in [-0.39, 0.29) is 24.0 Å². The van der Waals surface area contributed by atoms with Gasteiger partial charge in [-0.05, 0) is 43.8 Å². The van der Waals surface area contributed by atoms with Gasteiger partial charge in [0.25, 0.3) is 0 Å². The van der Waals surface area contributed by atoms with Gasteiger partial charge < -0.3 is 15.3 Å². The molecule has 4 nitrogen and oxygen atoms in total. The molecule has 2 atom stereocenters. The molecular formula is C16H32IN3OS. The Morgan fingerprint density at radius 2 is 2.27 bits per heavy atom. The molecule has 0 aliphatic carbocycles. The van der Waals surface area contributed by atoms with Gasteiger partial charge in [-0.1, -0.05) is 13.8 Å². The maximum Gasteiger partial charge on any atom is 0.194 e. The van der Waals surface area contributed by atoms with Crippen LogP contribution in [0.4, 0.5) is 0 Å². The number of nitrogens with zero attached hydrogens (tertiary/aromatic N) is 2. The van der Waals surface area contributed by atoms with Crippen molar-refractivity contribution in [3.8, 4) is 0 Å². The molecule has 0 radical (unpaired) electrons. The summed E-state index contributed by atoms with van der Waals surface area (Å²) in [6.45, 7) is 10.3. The van der Waals surface area contributed by atoms with E-state index in [2.05, 4.69) is 31.0 Å². The average molecular weight is 441 g/mol. The van der Waals surface area contributed by atoms with Crippen LogP contribution in [0.5, 0.6) is 0 Å². The van der Waals surface area contributed by atoms with Crippen LogP contribution in [0.25, 0.3) is 0 Å². The van der Waals surface area contributed by atoms with Gasteiger partial charge in [0.1, 0.15) is 0 Å². The molecule has 2 N–H and O–H groups in total. The number of hydrogen-bond donors (Lipinski definition) is 2. The highest BCUT2D eigenvalue weighted by Gasteiger charge is 2.32. The largest absolute Gasteiger partial charge is 0.387 e. The maximum absolute atomic E-state index is 10.4. The van der Waals surface area contributed by atoms with Gasteiger partial charge in [-0.3, -0.25) is 4.99 Å². The van der Waals surface area contributed by atoms with Crippen molar-refractivity contribution in [1.29, 1.82) is 0 Å². The second-order valence-corrected chi connectivity index (χ2v) is 8.03. The minimum Gasteiger partial charge on any atom is -0.387 e. The zero-order valence-corrected chi connectivity index (χ0v) is 17.3. The maximum atomic E-state index is 10.4. The third kappa shape index (κ3) is 6.07. The summed E-state index contributed by atoms with van der Waals surface area (Å²) < 4.78 is 0. The molecular weight excluding hydrogens is 409 g/mol. The molecule has 0 aromatic carbocycles. The molecule has 0 spiro atoms. The van der Waals surface area contributed by atoms with Crippen LogP contribution in [0.2, 0.25) is 0 Å². The number of guanidine groups is 1. The van der Waals surface area contributed by atoms with Crippen LogP contribution in [-0.2, 0) is 0 Å². The Balaban J connectivity index is 0.00000242. The van der Waals surface area contributed by atoms with Gasteiger partial charge in [0.05, 0.1) is 12.1 Å². The average Bonchev–Trinajstić information content (AvgIpc) is 3.04. The minimum atomic E-state index is -0.581. The van der Waals surface area contributed by atoms with Gasteiger partial charge >= 0.3 is 0 Å². The zero-order valence-electron chi connectivity index (χ0n) is 14.2. The van der Waals surface area contributed by atoms with Gasteiger partial charge in [-0.2, -0.15) is 11.8 Å². The van der Waals surface area contributed by atoms with E-state index in [1.807, 2.05) is 11.8 Å². The summed E-state index contributed by atoms with van der Waals surface area (Å²) in [6.07, 6.45) is 3.44. The lowest BCUT2D eigenvalue weighted by Crippen LogP contribution is -2.42. The van der Waals surface area contributed by atoms with E-state index in [9.17, 15) is 5.11 Å². The van der Waals surface area contributed by atoms with E-state index < -0.39 is 5.60 Å². The first-order valence-electron chi connectivity index (χ1n) is 8.36. The molecule has 2 aliphatic rings. The Bertz CT molecular complexity index is 359. The highest BCUT2D eigenvalue weighted by atomic mass is 127. The third-order valence-corrected chi connectivity index (χ3v) is 5.56. The number of hydrogen-bond acceptors (Lipinski definition) is 3. The quantitative estimate of drug-likeness (QED) is 0.392. The molecule has 2 heterocycles. The summed E-state index contributed by atoms with van der Waals surface area (Å²) in [5.41, 5.74) is -0.581. The van der Waals surface area contributed by atoms with Crippen molar-refractivity contribution in [3.05, 3.63) is 0 Å². The molecule has 2 unspecified atom stereocenters. The lowest BCUT2D eigenvalue weighted by molar-refractivity contribution is 0.0776. The molecule has 6 heteroatoms. The van der Waals surface area contributed by atoms with E-state index in [0.29, 0.717) is 6.54 Å². The summed E-state index contributed by atoms with van der Waals surface area (Å²) in [6, 6.07) is 0. The van der Waals surface area contributed by atoms with Gasteiger partial charge in [-0.15, -0.1) is 24.0 Å². The summed E-state index contributed by atoms with van der Waals surface area (Å²) >= 11 is 1.83. The lowest BCUT2D eigenvalue weighted by Gasteiger charge is -2.24. The van der Waals surface area contributed by atoms with E-state index in [4.69, 9.17) is 4.99 Å². The SMILES string of the molecule is CCNC(=NCC1(O)CCSC1)N1CCC(CC(C)C)C1.I. The fourth-order valence-electron chi connectivity index (χ4n) is 3.25. The second kappa shape index (κ2) is 9.57. The number of thioether (sulfide) groups is 1. The molecule has 130 valence electrons. The molecule has 0 aromatic rings. The van der Waals surface area contributed by atoms with Crippen molar-refractivity contribution in [1.82, 2.24) is 10.2 Å². The number of aliphatic imine (C=N–C) groups is 1. The van der Waals surface area contributed by atoms with Gasteiger partial charge in [-0.25, -0.2) is 0 Å². The molecule has 2 aliphatic heterocycles. The Labute approximate surface area is 156 Å². The van der Waals surface area contributed by atoms with Crippen molar-refractivity contribution in [3.63, 3.8) is 0 Å². The Morgan fingerprint density at radius 3 is 2.86 bits per heavy atom. The predicted molar refractivity (Wildman–Crippen MR) is 107 cm³/mol. The number of nitrogens with one attached hydrogen (secondary N) is 1. The number of likely N-dealkylation sites (tertiary alicyclic amines) is 1. The first kappa shape index (κ1) is 20.4. The topological polar surface area (TPSA) is 47.9 Å². The van der Waals surface area contributed by atoms with Crippen LogP contribution < -0.4 is 5.32 Å². The monoisotopic (exact) mass is 441 g/mol. The second-order valence-electron chi connectivity index (χ2n) is 6.93. The van der Waals surface area contributed by atoms with E-state index in [1.165, 1.54) is 12.8 Å². The molecule has 2 rings (SSSR count). The summed E-state index contributed by atoms with van der Waals surface area (Å²) in [5, 5.41) is 13.8. The molecule has 0 saturated carbocycles. The summed E-state index contributed by atoms with van der Waals surface area (Å²) in [4.78, 5) is 7.11. The summed E-state index contributed by atoms with van der Waals surface area (Å²) in [5.74, 6) is 4.44. The number of aliphatic hydroxyl groups is 1. The Kier molecular flexibility index (Phi) is 8.85. The smallest absolute Gasteiger partial charge is 0.194 e. The normalized spacial score (nSPS) is 29.0. The van der Waals surface area contributed by atoms with Crippen LogP contribution in [0, 0.1) is 11.8 Å². The highest BCUT2D eigenvalue weighted by molar-refractivity contribution is 14.0. The first-order valence-corrected chi connectivity index (χ1v) is 9.51. The van der Waals surface area contributed by atoms with Crippen LogP contribution in [0.3, 0.4) is 0 Å². The Morgan fingerprint density at radius 1 is 1.50 bits per heavy atom. The van der Waals surface area contributed by atoms with Crippen molar-refractivity contribution in [2.24, 2.45) is 16.8 Å². The zero-order chi connectivity index (χ0) is 15.3. The first-order chi connectivity index (χ1) is 10.0. The lowest BCUT2D eigenvalue weighted by atomic mass is 9.97. The molecule has 0 aromatic heterocycles. The summed E-state index contributed by atoms with van der Waals surface area (Å²) in [7, 11) is 0. The van der Waals surface area contributed by atoms with Crippen molar-refractivity contribution >= 4 is 41.7 Å². The number of halogens is 1. The van der Waals surface area contributed by atoms with Gasteiger partial charge in [0.15, 0.2) is 5.96 Å². The number of rotatable bonds is 5. The van der Waals surface area contributed by atoms with Crippen molar-refractivity contribution in [2.75, 3.05) is 37.7 Å². The fourth-order valence-corrected chi connectivity index (χ4v) is 4.54. The third-order valence-electron chi connectivity index (χ3n) is 4.33. The van der Waals surface area contributed by atoms with Crippen LogP contribution >= 0.6 is 35.7 Å². The van der Waals surface area contributed by atoms with Crippen LogP contribution in [0.15, 0.2) is 4.99 Å². The molecule has 2 saturated heterocycles. The van der Waals surface area contributed by atoms with Crippen molar-refractivity contribution in [2.45, 2.75) is 45.6 Å². The molecule has 0 bridgehead atoms. The molecule has 0 amide bonds. The van der Waals surface area contributed by atoms with Gasteiger partial charge in [0, 0.05) is 25.4 Å². The van der Waals surface area contributed by atoms with E-state index >= 15 is 0 Å².